The summed E-state index contributed by atoms with van der Waals surface area (Å²) in [6.07, 6.45) is 0. The van der Waals surface area contributed by atoms with Crippen LogP contribution in [-0.4, -0.2) is 37.5 Å². The largest absolute Gasteiger partial charge is 0.354 e. The van der Waals surface area contributed by atoms with Crippen LogP contribution in [0, 0.1) is 11.8 Å². The van der Waals surface area contributed by atoms with Crippen molar-refractivity contribution in [2.75, 3.05) is 13.7 Å². The van der Waals surface area contributed by atoms with Gasteiger partial charge < -0.3 is 14.8 Å². The van der Waals surface area contributed by atoms with E-state index in [1.807, 2.05) is 68.4 Å². The van der Waals surface area contributed by atoms with E-state index in [1.165, 1.54) is 0 Å². The predicted molar refractivity (Wildman–Crippen MR) is 133 cm³/mol. The Labute approximate surface area is 201 Å². The van der Waals surface area contributed by atoms with E-state index in [-0.39, 0.29) is 18.6 Å². The third-order valence-electron chi connectivity index (χ3n) is 6.15. The highest BCUT2D eigenvalue weighted by Crippen LogP contribution is 2.38. The lowest BCUT2D eigenvalue weighted by molar-refractivity contribution is -0.188. The van der Waals surface area contributed by atoms with Gasteiger partial charge in [0.15, 0.2) is 5.79 Å². The number of ether oxygens (including phenoxy) is 2. The average Bonchev–Trinajstić information content (AvgIpc) is 2.88. The fourth-order valence-electron chi connectivity index (χ4n) is 4.12. The number of amides is 1. The van der Waals surface area contributed by atoms with Crippen LogP contribution in [0.15, 0.2) is 91.0 Å². The van der Waals surface area contributed by atoms with E-state index in [4.69, 9.17) is 9.47 Å². The number of methoxy groups -OCH3 is 1. The molecular formula is C29H30N2O3. The first-order chi connectivity index (χ1) is 16.5. The molecule has 0 bridgehead atoms. The highest BCUT2D eigenvalue weighted by Gasteiger charge is 2.46. The summed E-state index contributed by atoms with van der Waals surface area (Å²) < 4.78 is 10.9. The lowest BCUT2D eigenvalue weighted by atomic mass is 9.75. The molecule has 34 heavy (non-hydrogen) atoms. The maximum atomic E-state index is 12.8. The normalized spacial score (nSPS) is 17.8. The number of rotatable bonds is 8. The van der Waals surface area contributed by atoms with E-state index in [1.54, 1.807) is 7.11 Å². The van der Waals surface area contributed by atoms with Crippen LogP contribution in [0.2, 0.25) is 0 Å². The lowest BCUT2D eigenvalue weighted by Crippen LogP contribution is -2.71. The van der Waals surface area contributed by atoms with Gasteiger partial charge in [0.2, 0.25) is 5.91 Å². The fourth-order valence-corrected chi connectivity index (χ4v) is 4.12. The summed E-state index contributed by atoms with van der Waals surface area (Å²) in [7, 11) is 1.59. The molecule has 4 rings (SSSR count). The van der Waals surface area contributed by atoms with Gasteiger partial charge in [-0.15, -0.1) is 0 Å². The van der Waals surface area contributed by atoms with Gasteiger partial charge in [0.05, 0.1) is 5.54 Å². The summed E-state index contributed by atoms with van der Waals surface area (Å²) in [6, 6.07) is 29.8. The van der Waals surface area contributed by atoms with Crippen molar-refractivity contribution in [1.82, 2.24) is 10.6 Å². The molecule has 1 aliphatic heterocycles. The number of hydrogen-bond acceptors (Lipinski definition) is 4. The van der Waals surface area contributed by atoms with Gasteiger partial charge >= 0.3 is 0 Å². The van der Waals surface area contributed by atoms with Crippen LogP contribution < -0.4 is 10.6 Å². The molecule has 0 radical (unpaired) electrons. The Hall–Kier alpha value is -3.43. The summed E-state index contributed by atoms with van der Waals surface area (Å²) in [6.45, 7) is 3.87. The predicted octanol–water partition coefficient (Wildman–Crippen LogP) is 3.84. The minimum absolute atomic E-state index is 0.0791. The average molecular weight is 455 g/mol. The van der Waals surface area contributed by atoms with E-state index in [2.05, 4.69) is 58.9 Å². The minimum Gasteiger partial charge on any atom is -0.354 e. The highest BCUT2D eigenvalue weighted by atomic mass is 16.7. The van der Waals surface area contributed by atoms with Gasteiger partial charge in [-0.2, -0.15) is 0 Å². The summed E-state index contributed by atoms with van der Waals surface area (Å²) >= 11 is 0. The van der Waals surface area contributed by atoms with Crippen molar-refractivity contribution in [3.05, 3.63) is 108 Å². The van der Waals surface area contributed by atoms with E-state index < -0.39 is 17.4 Å². The van der Waals surface area contributed by atoms with Crippen LogP contribution in [0.25, 0.3) is 0 Å². The third-order valence-corrected chi connectivity index (χ3v) is 6.15. The van der Waals surface area contributed by atoms with Gasteiger partial charge in [0.25, 0.3) is 0 Å². The monoisotopic (exact) mass is 454 g/mol. The Bertz CT molecular complexity index is 1050. The molecule has 1 amide bonds. The van der Waals surface area contributed by atoms with E-state index in [9.17, 15) is 4.79 Å². The summed E-state index contributed by atoms with van der Waals surface area (Å²) in [5, 5.41) is 6.62. The second-order valence-corrected chi connectivity index (χ2v) is 8.67. The number of β-lactam (4-membered cyclic amide) rings is 1. The summed E-state index contributed by atoms with van der Waals surface area (Å²) in [5.41, 5.74) is 2.40. The fraction of sp³-hybridized carbons (Fsp3) is 0.276. The van der Waals surface area contributed by atoms with Crippen LogP contribution in [0.3, 0.4) is 0 Å². The highest BCUT2D eigenvalue weighted by molar-refractivity contribution is 5.91. The quantitative estimate of drug-likeness (QED) is 0.235. The van der Waals surface area contributed by atoms with Crippen molar-refractivity contribution in [1.29, 1.82) is 0 Å². The molecule has 5 heteroatoms. The SMILES string of the molecule is COC(C)(C)OCC#C[C@H]1NC(=O)[C@H]1NC(c1ccccc1)(c1ccccc1)c1ccccc1. The topological polar surface area (TPSA) is 59.6 Å². The van der Waals surface area contributed by atoms with Gasteiger partial charge in [-0.25, -0.2) is 0 Å². The molecule has 174 valence electrons. The smallest absolute Gasteiger partial charge is 0.241 e. The van der Waals surface area contributed by atoms with Gasteiger partial charge in [-0.3, -0.25) is 10.1 Å². The molecule has 0 unspecified atom stereocenters. The molecule has 0 aromatic heterocycles. The molecular weight excluding hydrogens is 424 g/mol. The van der Waals surface area contributed by atoms with Crippen LogP contribution in [0.1, 0.15) is 30.5 Å². The zero-order valence-corrected chi connectivity index (χ0v) is 19.7. The molecule has 3 aromatic rings. The summed E-state index contributed by atoms with van der Waals surface area (Å²) in [4.78, 5) is 12.8. The molecule has 5 nitrogen and oxygen atoms in total. The molecule has 1 saturated heterocycles. The molecule has 1 heterocycles. The maximum Gasteiger partial charge on any atom is 0.241 e. The Morgan fingerprint density at radius 2 is 1.32 bits per heavy atom. The molecule has 2 atom stereocenters. The van der Waals surface area contributed by atoms with Crippen LogP contribution in [-0.2, 0) is 19.8 Å². The Morgan fingerprint density at radius 3 is 1.74 bits per heavy atom. The van der Waals surface area contributed by atoms with Gasteiger partial charge in [-0.1, -0.05) is 103 Å². The second kappa shape index (κ2) is 10.2. The molecule has 3 aromatic carbocycles. The van der Waals surface area contributed by atoms with Crippen LogP contribution >= 0.6 is 0 Å². The molecule has 1 aliphatic rings. The summed E-state index contributed by atoms with van der Waals surface area (Å²) in [5.74, 6) is 5.39. The lowest BCUT2D eigenvalue weighted by Gasteiger charge is -2.44. The number of carbonyl (C=O) groups is 1. The van der Waals surface area contributed by atoms with Crippen molar-refractivity contribution < 1.29 is 14.3 Å². The zero-order chi connectivity index (χ0) is 24.0. The zero-order valence-electron chi connectivity index (χ0n) is 19.7. The van der Waals surface area contributed by atoms with Crippen molar-refractivity contribution >= 4 is 5.91 Å². The van der Waals surface area contributed by atoms with E-state index in [0.717, 1.165) is 16.7 Å². The Balaban J connectivity index is 1.71. The van der Waals surface area contributed by atoms with E-state index >= 15 is 0 Å². The van der Waals surface area contributed by atoms with Crippen LogP contribution in [0.4, 0.5) is 0 Å². The second-order valence-electron chi connectivity index (χ2n) is 8.67. The number of benzene rings is 3. The maximum absolute atomic E-state index is 12.8. The first-order valence-corrected chi connectivity index (χ1v) is 11.4. The van der Waals surface area contributed by atoms with E-state index in [0.29, 0.717) is 0 Å². The van der Waals surface area contributed by atoms with Gasteiger partial charge in [0, 0.05) is 7.11 Å². The number of hydrogen-bond donors (Lipinski definition) is 2. The van der Waals surface area contributed by atoms with Gasteiger partial charge in [0.1, 0.15) is 18.7 Å². The molecule has 0 spiro atoms. The first-order valence-electron chi connectivity index (χ1n) is 11.4. The Morgan fingerprint density at radius 1 is 0.853 bits per heavy atom. The molecule has 0 saturated carbocycles. The van der Waals surface area contributed by atoms with Crippen molar-refractivity contribution in [2.24, 2.45) is 0 Å². The van der Waals surface area contributed by atoms with Crippen LogP contribution in [0.5, 0.6) is 0 Å². The van der Waals surface area contributed by atoms with Crippen molar-refractivity contribution in [3.63, 3.8) is 0 Å². The molecule has 2 N–H and O–H groups in total. The number of nitrogens with one attached hydrogen (secondary N) is 2. The standard InChI is InChI=1S/C29H30N2O3/c1-28(2,33-3)34-21-13-20-25-26(27(32)30-25)31-29(22-14-7-4-8-15-22,23-16-9-5-10-17-23)24-18-11-6-12-19-24/h4-12,14-19,25-26,31H,21H2,1-3H3,(H,30,32)/t25-,26+/m1/s1. The van der Waals surface area contributed by atoms with Crippen molar-refractivity contribution in [2.45, 2.75) is 37.3 Å². The number of carbonyl (C=O) groups excluding carboxylic acids is 1. The Kier molecular flexibility index (Phi) is 7.14. The first kappa shape index (κ1) is 23.7. The third kappa shape index (κ3) is 4.90. The minimum atomic E-state index is -0.735. The molecule has 1 fully saturated rings. The van der Waals surface area contributed by atoms with Gasteiger partial charge in [-0.05, 0) is 30.5 Å². The molecule has 0 aliphatic carbocycles. The van der Waals surface area contributed by atoms with Crippen molar-refractivity contribution in [3.8, 4) is 11.8 Å².